The summed E-state index contributed by atoms with van der Waals surface area (Å²) in [7, 11) is 0. The lowest BCUT2D eigenvalue weighted by Gasteiger charge is -2.26. The van der Waals surface area contributed by atoms with Gasteiger partial charge in [0.1, 0.15) is 0 Å². The van der Waals surface area contributed by atoms with Gasteiger partial charge in [-0.05, 0) is 26.3 Å². The van der Waals surface area contributed by atoms with E-state index >= 15 is 0 Å². The molecule has 0 bridgehead atoms. The summed E-state index contributed by atoms with van der Waals surface area (Å²) < 4.78 is 6.95. The summed E-state index contributed by atoms with van der Waals surface area (Å²) in [5.41, 5.74) is 0.658. The van der Waals surface area contributed by atoms with Crippen molar-refractivity contribution < 1.29 is 14.6 Å². The minimum absolute atomic E-state index is 0.0344. The number of nitrogens with zero attached hydrogens (tertiary/aromatic N) is 2. The number of benzene rings is 1. The number of aliphatic carboxylic acids is 1. The van der Waals surface area contributed by atoms with Crippen molar-refractivity contribution in [2.24, 2.45) is 0 Å². The van der Waals surface area contributed by atoms with Crippen molar-refractivity contribution >= 4 is 5.97 Å². The Hall–Kier alpha value is -2.14. The van der Waals surface area contributed by atoms with Crippen LogP contribution in [0, 0.1) is 0 Å². The third-order valence-electron chi connectivity index (χ3n) is 3.35. The average Bonchev–Trinajstić information content (AvgIpc) is 2.95. The molecule has 1 unspecified atom stereocenters. The van der Waals surface area contributed by atoms with E-state index in [1.54, 1.807) is 19.3 Å². The van der Waals surface area contributed by atoms with Crippen molar-refractivity contribution in [3.05, 3.63) is 42.7 Å². The Kier molecular flexibility index (Phi) is 4.43. The molecule has 1 aromatic heterocycles. The molecule has 0 aliphatic carbocycles. The van der Waals surface area contributed by atoms with E-state index in [0.29, 0.717) is 0 Å². The number of hydrogen-bond donors (Lipinski definition) is 1. The highest BCUT2D eigenvalue weighted by atomic mass is 16.5. The number of carboxylic acids is 1. The molecule has 0 amide bonds. The van der Waals surface area contributed by atoms with Crippen molar-refractivity contribution in [2.45, 2.75) is 32.4 Å². The predicted molar refractivity (Wildman–Crippen MR) is 80.0 cm³/mol. The second-order valence-corrected chi connectivity index (χ2v) is 5.48. The van der Waals surface area contributed by atoms with Gasteiger partial charge in [0.25, 0.3) is 0 Å². The zero-order chi connectivity index (χ0) is 15.5. The van der Waals surface area contributed by atoms with E-state index in [4.69, 9.17) is 4.74 Å². The van der Waals surface area contributed by atoms with Crippen LogP contribution in [-0.2, 0) is 15.1 Å². The second kappa shape index (κ2) is 6.10. The predicted octanol–water partition coefficient (Wildman–Crippen LogP) is 2.77. The molecule has 0 fully saturated rings. The highest BCUT2D eigenvalue weighted by Gasteiger charge is 2.37. The molecule has 1 aromatic carbocycles. The van der Waals surface area contributed by atoms with E-state index in [1.807, 2.05) is 44.2 Å². The lowest BCUT2D eigenvalue weighted by molar-refractivity contribution is -0.151. The minimum atomic E-state index is -1.22. The van der Waals surface area contributed by atoms with Crippen molar-refractivity contribution in [2.75, 3.05) is 6.61 Å². The molecule has 5 nitrogen and oxygen atoms in total. The van der Waals surface area contributed by atoms with Gasteiger partial charge in [-0.2, -0.15) is 5.10 Å². The van der Waals surface area contributed by atoms with Crippen LogP contribution in [0.15, 0.2) is 42.7 Å². The van der Waals surface area contributed by atoms with E-state index in [2.05, 4.69) is 5.10 Å². The molecule has 0 spiro atoms. The minimum Gasteiger partial charge on any atom is -0.479 e. The van der Waals surface area contributed by atoms with Gasteiger partial charge in [-0.3, -0.25) is 4.68 Å². The van der Waals surface area contributed by atoms with Gasteiger partial charge in [-0.25, -0.2) is 4.79 Å². The molecular formula is C16H20N2O3. The highest BCUT2D eigenvalue weighted by Crippen LogP contribution is 2.23. The van der Waals surface area contributed by atoms with Crippen LogP contribution in [0.25, 0.3) is 11.1 Å². The van der Waals surface area contributed by atoms with E-state index in [0.717, 1.165) is 11.1 Å². The maximum atomic E-state index is 11.6. The molecule has 0 saturated heterocycles. The Morgan fingerprint density at radius 1 is 1.33 bits per heavy atom. The van der Waals surface area contributed by atoms with Crippen LogP contribution in [0.1, 0.15) is 20.8 Å². The maximum Gasteiger partial charge on any atom is 0.333 e. The monoisotopic (exact) mass is 288 g/mol. The topological polar surface area (TPSA) is 64.3 Å². The number of hydrogen-bond acceptors (Lipinski definition) is 3. The molecule has 2 aromatic rings. The first kappa shape index (κ1) is 15.3. The van der Waals surface area contributed by atoms with Gasteiger partial charge in [0, 0.05) is 11.8 Å². The zero-order valence-corrected chi connectivity index (χ0v) is 12.5. The first-order valence-corrected chi connectivity index (χ1v) is 6.89. The van der Waals surface area contributed by atoms with Gasteiger partial charge < -0.3 is 9.84 Å². The Morgan fingerprint density at radius 2 is 2.00 bits per heavy atom. The SMILES string of the molecule is CC(C)OCC(C)(C(=O)O)n1cc(-c2ccccc2)cn1. The van der Waals surface area contributed by atoms with E-state index in [-0.39, 0.29) is 12.7 Å². The van der Waals surface area contributed by atoms with Crippen molar-refractivity contribution in [1.82, 2.24) is 9.78 Å². The number of aromatic nitrogens is 2. The van der Waals surface area contributed by atoms with Gasteiger partial charge in [-0.15, -0.1) is 0 Å². The molecule has 0 aliphatic rings. The summed E-state index contributed by atoms with van der Waals surface area (Å²) in [5.74, 6) is -0.967. The number of rotatable bonds is 6. The molecule has 5 heteroatoms. The smallest absolute Gasteiger partial charge is 0.333 e. The zero-order valence-electron chi connectivity index (χ0n) is 12.5. The molecule has 0 radical (unpaired) electrons. The van der Waals surface area contributed by atoms with Crippen LogP contribution in [0.5, 0.6) is 0 Å². The van der Waals surface area contributed by atoms with Crippen LogP contribution in [-0.4, -0.2) is 33.6 Å². The van der Waals surface area contributed by atoms with Gasteiger partial charge in [0.2, 0.25) is 0 Å². The molecule has 0 aliphatic heterocycles. The molecule has 0 saturated carbocycles. The third-order valence-corrected chi connectivity index (χ3v) is 3.35. The van der Waals surface area contributed by atoms with E-state index in [1.165, 1.54) is 4.68 Å². The Balaban J connectivity index is 2.30. The molecule has 1 heterocycles. The molecule has 112 valence electrons. The summed E-state index contributed by atoms with van der Waals surface area (Å²) in [6.07, 6.45) is 3.38. The van der Waals surface area contributed by atoms with Crippen LogP contribution >= 0.6 is 0 Å². The molecular weight excluding hydrogens is 268 g/mol. The standard InChI is InChI=1S/C16H20N2O3/c1-12(2)21-11-16(3,15(19)20)18-10-14(9-17-18)13-7-5-4-6-8-13/h4-10,12H,11H2,1-3H3,(H,19,20). The van der Waals surface area contributed by atoms with Gasteiger partial charge in [-0.1, -0.05) is 30.3 Å². The largest absolute Gasteiger partial charge is 0.479 e. The van der Waals surface area contributed by atoms with Crippen LogP contribution in [0.4, 0.5) is 0 Å². The molecule has 21 heavy (non-hydrogen) atoms. The quantitative estimate of drug-likeness (QED) is 0.887. The summed E-state index contributed by atoms with van der Waals surface area (Å²) >= 11 is 0. The first-order valence-electron chi connectivity index (χ1n) is 6.89. The average molecular weight is 288 g/mol. The summed E-state index contributed by atoms with van der Waals surface area (Å²) in [4.78, 5) is 11.6. The van der Waals surface area contributed by atoms with Gasteiger partial charge in [0.15, 0.2) is 5.54 Å². The first-order chi connectivity index (χ1) is 9.93. The Morgan fingerprint density at radius 3 is 2.57 bits per heavy atom. The molecule has 2 rings (SSSR count). The van der Waals surface area contributed by atoms with Crippen LogP contribution in [0.3, 0.4) is 0 Å². The van der Waals surface area contributed by atoms with Crippen molar-refractivity contribution in [1.29, 1.82) is 0 Å². The van der Waals surface area contributed by atoms with Crippen molar-refractivity contribution in [3.63, 3.8) is 0 Å². The number of carboxylic acid groups (broad SMARTS) is 1. The second-order valence-electron chi connectivity index (χ2n) is 5.48. The molecule has 1 N–H and O–H groups in total. The van der Waals surface area contributed by atoms with Gasteiger partial charge in [0.05, 0.1) is 18.9 Å². The highest BCUT2D eigenvalue weighted by molar-refractivity contribution is 5.76. The summed E-state index contributed by atoms with van der Waals surface area (Å²) in [6, 6.07) is 9.73. The fraction of sp³-hybridized carbons (Fsp3) is 0.375. The third kappa shape index (κ3) is 3.31. The maximum absolute atomic E-state index is 11.6. The van der Waals surface area contributed by atoms with Crippen LogP contribution in [0.2, 0.25) is 0 Å². The van der Waals surface area contributed by atoms with Gasteiger partial charge >= 0.3 is 5.97 Å². The number of ether oxygens (including phenoxy) is 1. The lowest BCUT2D eigenvalue weighted by Crippen LogP contribution is -2.44. The van der Waals surface area contributed by atoms with E-state index in [9.17, 15) is 9.90 Å². The summed E-state index contributed by atoms with van der Waals surface area (Å²) in [5, 5.41) is 13.8. The fourth-order valence-electron chi connectivity index (χ4n) is 1.93. The lowest BCUT2D eigenvalue weighted by atomic mass is 10.0. The van der Waals surface area contributed by atoms with Crippen LogP contribution < -0.4 is 0 Å². The normalized spacial score (nSPS) is 14.1. The van der Waals surface area contributed by atoms with Crippen molar-refractivity contribution in [3.8, 4) is 11.1 Å². The molecule has 1 atom stereocenters. The Bertz CT molecular complexity index is 607. The number of carbonyl (C=O) groups is 1. The van der Waals surface area contributed by atoms with E-state index < -0.39 is 11.5 Å². The Labute approximate surface area is 124 Å². The fourth-order valence-corrected chi connectivity index (χ4v) is 1.93. The summed E-state index contributed by atoms with van der Waals surface area (Å²) in [6.45, 7) is 5.43.